The number of anilines is 1. The molecule has 98 valence electrons. The molecule has 3 rings (SSSR count). The number of amides is 1. The molecule has 0 atom stereocenters. The van der Waals surface area contributed by atoms with Crippen molar-refractivity contribution in [2.24, 2.45) is 0 Å². The lowest BCUT2D eigenvalue weighted by Crippen LogP contribution is -2.36. The molecule has 3 nitrogen and oxygen atoms in total. The number of thiophene rings is 1. The second-order valence-electron chi connectivity index (χ2n) is 5.30. The average molecular weight is 264 g/mol. The highest BCUT2D eigenvalue weighted by molar-refractivity contribution is 7.16. The second kappa shape index (κ2) is 4.92. The van der Waals surface area contributed by atoms with Crippen LogP contribution in [0.1, 0.15) is 52.9 Å². The molecule has 1 aromatic rings. The van der Waals surface area contributed by atoms with Crippen LogP contribution in [-0.2, 0) is 12.8 Å². The molecular weight excluding hydrogens is 244 g/mol. The summed E-state index contributed by atoms with van der Waals surface area (Å²) in [6.07, 6.45) is 8.11. The Kier molecular flexibility index (Phi) is 3.29. The first kappa shape index (κ1) is 12.0. The maximum Gasteiger partial charge on any atom is 0.257 e. The highest BCUT2D eigenvalue weighted by atomic mass is 32.1. The minimum Gasteiger partial charge on any atom is -0.390 e. The summed E-state index contributed by atoms with van der Waals surface area (Å²) < 4.78 is 0. The standard InChI is InChI=1S/C14H20N2OS/c15-13-12(10-6-2-3-7-11(10)18-13)14(17)16-8-4-1-5-9-16/h1-9,15H2. The Morgan fingerprint density at radius 2 is 1.78 bits per heavy atom. The number of nitrogens with two attached hydrogens (primary N) is 1. The monoisotopic (exact) mass is 264 g/mol. The van der Waals surface area contributed by atoms with Gasteiger partial charge in [0, 0.05) is 18.0 Å². The lowest BCUT2D eigenvalue weighted by atomic mass is 9.94. The van der Waals surface area contributed by atoms with Gasteiger partial charge in [0.1, 0.15) is 0 Å². The van der Waals surface area contributed by atoms with Crippen LogP contribution < -0.4 is 5.73 Å². The molecule has 1 fully saturated rings. The highest BCUT2D eigenvalue weighted by Crippen LogP contribution is 2.37. The van der Waals surface area contributed by atoms with Gasteiger partial charge in [-0.1, -0.05) is 0 Å². The number of hydrogen-bond donors (Lipinski definition) is 1. The molecule has 1 saturated heterocycles. The molecule has 0 aromatic carbocycles. The van der Waals surface area contributed by atoms with E-state index in [0.29, 0.717) is 0 Å². The van der Waals surface area contributed by atoms with Gasteiger partial charge in [-0.05, 0) is 50.5 Å². The Labute approximate surface area is 112 Å². The number of nitrogens with zero attached hydrogens (tertiary/aromatic N) is 1. The highest BCUT2D eigenvalue weighted by Gasteiger charge is 2.27. The van der Waals surface area contributed by atoms with Crippen LogP contribution in [-0.4, -0.2) is 23.9 Å². The summed E-state index contributed by atoms with van der Waals surface area (Å²) in [4.78, 5) is 16.0. The van der Waals surface area contributed by atoms with E-state index in [9.17, 15) is 4.79 Å². The van der Waals surface area contributed by atoms with E-state index in [-0.39, 0.29) is 5.91 Å². The van der Waals surface area contributed by atoms with Crippen molar-refractivity contribution >= 4 is 22.2 Å². The summed E-state index contributed by atoms with van der Waals surface area (Å²) in [6.45, 7) is 1.81. The van der Waals surface area contributed by atoms with Crippen molar-refractivity contribution in [3.8, 4) is 0 Å². The van der Waals surface area contributed by atoms with Crippen molar-refractivity contribution in [3.63, 3.8) is 0 Å². The zero-order valence-corrected chi connectivity index (χ0v) is 11.5. The van der Waals surface area contributed by atoms with E-state index in [2.05, 4.69) is 0 Å². The number of aryl methyl sites for hydroxylation is 1. The molecule has 1 amide bonds. The maximum absolute atomic E-state index is 12.6. The van der Waals surface area contributed by atoms with Gasteiger partial charge in [-0.25, -0.2) is 0 Å². The molecule has 1 aliphatic heterocycles. The topological polar surface area (TPSA) is 46.3 Å². The number of nitrogen functional groups attached to an aromatic ring is 1. The van der Waals surface area contributed by atoms with Crippen LogP contribution in [0.4, 0.5) is 5.00 Å². The quantitative estimate of drug-likeness (QED) is 0.848. The van der Waals surface area contributed by atoms with Crippen molar-refractivity contribution < 1.29 is 4.79 Å². The molecule has 2 N–H and O–H groups in total. The number of carbonyl (C=O) groups is 1. The Balaban J connectivity index is 1.90. The van der Waals surface area contributed by atoms with Crippen LogP contribution in [0.25, 0.3) is 0 Å². The summed E-state index contributed by atoms with van der Waals surface area (Å²) in [5, 5.41) is 0.748. The Hall–Kier alpha value is -1.03. The SMILES string of the molecule is Nc1sc2c(c1C(=O)N1CCCCC1)CCCC2. The third-order valence-electron chi connectivity index (χ3n) is 4.06. The van der Waals surface area contributed by atoms with Crippen molar-refractivity contribution in [3.05, 3.63) is 16.0 Å². The van der Waals surface area contributed by atoms with Crippen LogP contribution in [0, 0.1) is 0 Å². The van der Waals surface area contributed by atoms with Crippen LogP contribution in [0.3, 0.4) is 0 Å². The van der Waals surface area contributed by atoms with E-state index >= 15 is 0 Å². The zero-order chi connectivity index (χ0) is 12.5. The number of likely N-dealkylation sites (tertiary alicyclic amines) is 1. The van der Waals surface area contributed by atoms with E-state index in [4.69, 9.17) is 5.73 Å². The minimum absolute atomic E-state index is 0.187. The summed E-state index contributed by atoms with van der Waals surface area (Å²) in [5.41, 5.74) is 8.21. The van der Waals surface area contributed by atoms with Gasteiger partial charge in [-0.3, -0.25) is 4.79 Å². The molecule has 0 spiro atoms. The summed E-state index contributed by atoms with van der Waals surface area (Å²) in [7, 11) is 0. The van der Waals surface area contributed by atoms with E-state index in [1.807, 2.05) is 4.90 Å². The van der Waals surface area contributed by atoms with Gasteiger partial charge in [-0.2, -0.15) is 0 Å². The maximum atomic E-state index is 12.6. The van der Waals surface area contributed by atoms with Crippen molar-refractivity contribution in [2.75, 3.05) is 18.8 Å². The molecule has 0 bridgehead atoms. The molecule has 4 heteroatoms. The molecule has 1 aromatic heterocycles. The van der Waals surface area contributed by atoms with Crippen LogP contribution >= 0.6 is 11.3 Å². The van der Waals surface area contributed by atoms with Gasteiger partial charge >= 0.3 is 0 Å². The van der Waals surface area contributed by atoms with Gasteiger partial charge in [0.15, 0.2) is 0 Å². The number of rotatable bonds is 1. The smallest absolute Gasteiger partial charge is 0.257 e. The molecule has 0 radical (unpaired) electrons. The van der Waals surface area contributed by atoms with Crippen molar-refractivity contribution in [1.29, 1.82) is 0 Å². The first-order valence-electron chi connectivity index (χ1n) is 6.96. The van der Waals surface area contributed by atoms with Crippen molar-refractivity contribution in [1.82, 2.24) is 4.90 Å². The molecule has 0 unspecified atom stereocenters. The first-order chi connectivity index (χ1) is 8.77. The molecule has 0 saturated carbocycles. The number of hydrogen-bond acceptors (Lipinski definition) is 3. The zero-order valence-electron chi connectivity index (χ0n) is 10.7. The van der Waals surface area contributed by atoms with Gasteiger partial charge in [0.2, 0.25) is 0 Å². The van der Waals surface area contributed by atoms with Gasteiger partial charge in [-0.15, -0.1) is 11.3 Å². The normalized spacial score (nSPS) is 19.7. The van der Waals surface area contributed by atoms with Crippen LogP contribution in [0.5, 0.6) is 0 Å². The predicted molar refractivity (Wildman–Crippen MR) is 75.1 cm³/mol. The van der Waals surface area contributed by atoms with Gasteiger partial charge in [0.05, 0.1) is 10.6 Å². The summed E-state index contributed by atoms with van der Waals surface area (Å²) in [5.74, 6) is 0.187. The fraction of sp³-hybridized carbons (Fsp3) is 0.643. The largest absolute Gasteiger partial charge is 0.390 e. The number of fused-ring (bicyclic) bond motifs is 1. The van der Waals surface area contributed by atoms with E-state index in [1.165, 1.54) is 29.7 Å². The molecule has 1 aliphatic carbocycles. The fourth-order valence-corrected chi connectivity index (χ4v) is 4.23. The molecule has 18 heavy (non-hydrogen) atoms. The number of piperidine rings is 1. The Morgan fingerprint density at radius 3 is 2.56 bits per heavy atom. The summed E-state index contributed by atoms with van der Waals surface area (Å²) in [6, 6.07) is 0. The molecule has 2 heterocycles. The predicted octanol–water partition coefficient (Wildman–Crippen LogP) is 2.84. The molecular formula is C14H20N2OS. The van der Waals surface area contributed by atoms with E-state index < -0.39 is 0 Å². The Morgan fingerprint density at radius 1 is 1.06 bits per heavy atom. The lowest BCUT2D eigenvalue weighted by molar-refractivity contribution is 0.0724. The fourth-order valence-electron chi connectivity index (χ4n) is 3.08. The third kappa shape index (κ3) is 2.03. The van der Waals surface area contributed by atoms with Crippen molar-refractivity contribution in [2.45, 2.75) is 44.9 Å². The first-order valence-corrected chi connectivity index (χ1v) is 7.78. The average Bonchev–Trinajstić information content (AvgIpc) is 2.75. The Bertz CT molecular complexity index is 461. The molecule has 2 aliphatic rings. The van der Waals surface area contributed by atoms with E-state index in [0.717, 1.165) is 49.3 Å². The van der Waals surface area contributed by atoms with Crippen LogP contribution in [0.15, 0.2) is 0 Å². The third-order valence-corrected chi connectivity index (χ3v) is 5.18. The van der Waals surface area contributed by atoms with Gasteiger partial charge < -0.3 is 10.6 Å². The lowest BCUT2D eigenvalue weighted by Gasteiger charge is -2.27. The van der Waals surface area contributed by atoms with Gasteiger partial charge in [0.25, 0.3) is 5.91 Å². The number of carbonyl (C=O) groups excluding carboxylic acids is 1. The minimum atomic E-state index is 0.187. The van der Waals surface area contributed by atoms with E-state index in [1.54, 1.807) is 11.3 Å². The second-order valence-corrected chi connectivity index (χ2v) is 6.44. The van der Waals surface area contributed by atoms with Crippen LogP contribution in [0.2, 0.25) is 0 Å². The summed E-state index contributed by atoms with van der Waals surface area (Å²) >= 11 is 1.64.